The number of fused-ring (bicyclic) bond motifs is 1. The fraction of sp³-hybridized carbons (Fsp3) is 0.240. The second-order valence-corrected chi connectivity index (χ2v) is 7.45. The Bertz CT molecular complexity index is 1210. The molecule has 0 fully saturated rings. The van der Waals surface area contributed by atoms with E-state index in [4.69, 9.17) is 14.1 Å². The van der Waals surface area contributed by atoms with Crippen LogP contribution in [-0.2, 0) is 17.8 Å². The van der Waals surface area contributed by atoms with Crippen LogP contribution < -0.4 is 15.4 Å². The van der Waals surface area contributed by atoms with Crippen molar-refractivity contribution in [3.8, 4) is 5.75 Å². The van der Waals surface area contributed by atoms with E-state index in [0.29, 0.717) is 31.7 Å². The van der Waals surface area contributed by atoms with Crippen LogP contribution in [0.3, 0.4) is 0 Å². The smallest absolute Gasteiger partial charge is 0.286 e. The molecule has 0 saturated carbocycles. The van der Waals surface area contributed by atoms with Crippen molar-refractivity contribution < 1.29 is 18.7 Å². The normalized spacial score (nSPS) is 10.8. The van der Waals surface area contributed by atoms with Crippen molar-refractivity contribution in [2.24, 2.45) is 0 Å². The van der Waals surface area contributed by atoms with Gasteiger partial charge in [0.1, 0.15) is 18.1 Å². The number of furan rings is 1. The van der Waals surface area contributed by atoms with Gasteiger partial charge in [0.2, 0.25) is 5.91 Å². The van der Waals surface area contributed by atoms with Gasteiger partial charge in [0.15, 0.2) is 5.76 Å². The van der Waals surface area contributed by atoms with Crippen LogP contribution in [0.1, 0.15) is 29.7 Å². The average molecular weight is 447 g/mol. The van der Waals surface area contributed by atoms with Crippen molar-refractivity contribution in [1.82, 2.24) is 14.9 Å². The van der Waals surface area contributed by atoms with Crippen LogP contribution in [0.5, 0.6) is 5.75 Å². The number of amides is 2. The maximum atomic E-state index is 12.8. The number of aromatic nitrogens is 2. The predicted octanol–water partition coefficient (Wildman–Crippen LogP) is 4.03. The fourth-order valence-corrected chi connectivity index (χ4v) is 3.58. The Morgan fingerprint density at radius 1 is 1.06 bits per heavy atom. The molecule has 0 spiro atoms. The lowest BCUT2D eigenvalue weighted by atomic mass is 10.2. The number of para-hydroxylation sites is 2. The molecule has 8 heteroatoms. The molecule has 0 bridgehead atoms. The SMILES string of the molecule is CCOc1ccc(NC(=O)Cn2c(CCCNC(=O)c3ccco3)nc3ccccc32)cc1. The molecule has 2 heterocycles. The Morgan fingerprint density at radius 2 is 1.88 bits per heavy atom. The highest BCUT2D eigenvalue weighted by atomic mass is 16.5. The highest BCUT2D eigenvalue weighted by Crippen LogP contribution is 2.19. The summed E-state index contributed by atoms with van der Waals surface area (Å²) in [6, 6.07) is 18.3. The van der Waals surface area contributed by atoms with Crippen molar-refractivity contribution in [1.29, 1.82) is 0 Å². The van der Waals surface area contributed by atoms with Gasteiger partial charge in [-0.1, -0.05) is 12.1 Å². The maximum Gasteiger partial charge on any atom is 0.286 e. The quantitative estimate of drug-likeness (QED) is 0.359. The molecule has 0 aliphatic heterocycles. The molecule has 2 amide bonds. The minimum absolute atomic E-state index is 0.141. The second-order valence-electron chi connectivity index (χ2n) is 7.45. The van der Waals surface area contributed by atoms with Gasteiger partial charge in [-0.25, -0.2) is 4.98 Å². The van der Waals surface area contributed by atoms with Crippen LogP contribution in [0, 0.1) is 0 Å². The molecule has 8 nitrogen and oxygen atoms in total. The van der Waals surface area contributed by atoms with Gasteiger partial charge in [0, 0.05) is 18.7 Å². The molecule has 33 heavy (non-hydrogen) atoms. The Kier molecular flexibility index (Phi) is 7.04. The zero-order valence-electron chi connectivity index (χ0n) is 18.4. The molecule has 2 aromatic carbocycles. The number of nitrogens with one attached hydrogen (secondary N) is 2. The number of ether oxygens (including phenoxy) is 1. The molecule has 0 atom stereocenters. The molecule has 0 aliphatic rings. The monoisotopic (exact) mass is 446 g/mol. The third-order valence-electron chi connectivity index (χ3n) is 5.09. The van der Waals surface area contributed by atoms with Gasteiger partial charge in [-0.15, -0.1) is 0 Å². The van der Waals surface area contributed by atoms with Crippen LogP contribution in [0.15, 0.2) is 71.3 Å². The minimum atomic E-state index is -0.247. The standard InChI is InChI=1S/C25H26N4O4/c1-2-32-19-13-11-18(12-14-19)27-24(30)17-29-21-8-4-3-7-20(21)28-23(29)10-5-15-26-25(31)22-9-6-16-33-22/h3-4,6-9,11-14,16H,2,5,10,15,17H2,1H3,(H,26,31)(H,27,30). The molecule has 4 aromatic rings. The fourth-order valence-electron chi connectivity index (χ4n) is 3.58. The molecule has 0 saturated heterocycles. The average Bonchev–Trinajstić information content (AvgIpc) is 3.47. The van der Waals surface area contributed by atoms with E-state index in [1.165, 1.54) is 6.26 Å². The van der Waals surface area contributed by atoms with Gasteiger partial charge >= 0.3 is 0 Å². The Morgan fingerprint density at radius 3 is 2.64 bits per heavy atom. The van der Waals surface area contributed by atoms with E-state index >= 15 is 0 Å². The lowest BCUT2D eigenvalue weighted by molar-refractivity contribution is -0.116. The van der Waals surface area contributed by atoms with E-state index in [9.17, 15) is 9.59 Å². The van der Waals surface area contributed by atoms with Crippen molar-refractivity contribution >= 4 is 28.5 Å². The number of carbonyl (C=O) groups excluding carboxylic acids is 2. The maximum absolute atomic E-state index is 12.8. The minimum Gasteiger partial charge on any atom is -0.494 e. The third kappa shape index (κ3) is 5.60. The zero-order chi connectivity index (χ0) is 23.0. The first-order valence-corrected chi connectivity index (χ1v) is 10.9. The number of rotatable bonds is 10. The summed E-state index contributed by atoms with van der Waals surface area (Å²) in [5, 5.41) is 5.76. The van der Waals surface area contributed by atoms with Crippen LogP contribution in [0.2, 0.25) is 0 Å². The summed E-state index contributed by atoms with van der Waals surface area (Å²) >= 11 is 0. The van der Waals surface area contributed by atoms with Crippen LogP contribution in [-0.4, -0.2) is 34.5 Å². The summed E-state index contributed by atoms with van der Waals surface area (Å²) in [6.07, 6.45) is 2.76. The first-order valence-electron chi connectivity index (χ1n) is 10.9. The van der Waals surface area contributed by atoms with Crippen molar-refractivity contribution in [2.45, 2.75) is 26.3 Å². The molecular formula is C25H26N4O4. The third-order valence-corrected chi connectivity index (χ3v) is 5.09. The lowest BCUT2D eigenvalue weighted by Gasteiger charge is -2.11. The van der Waals surface area contributed by atoms with Gasteiger partial charge in [0.05, 0.1) is 23.9 Å². The number of nitrogens with zero attached hydrogens (tertiary/aromatic N) is 2. The number of benzene rings is 2. The van der Waals surface area contributed by atoms with Gasteiger partial charge in [0.25, 0.3) is 5.91 Å². The first-order chi connectivity index (χ1) is 16.1. The predicted molar refractivity (Wildman–Crippen MR) is 125 cm³/mol. The van der Waals surface area contributed by atoms with Gasteiger partial charge in [-0.3, -0.25) is 9.59 Å². The summed E-state index contributed by atoms with van der Waals surface area (Å²) in [5.41, 5.74) is 2.44. The summed E-state index contributed by atoms with van der Waals surface area (Å²) < 4.78 is 12.5. The van der Waals surface area contributed by atoms with E-state index in [-0.39, 0.29) is 24.1 Å². The number of carbonyl (C=O) groups is 2. The zero-order valence-corrected chi connectivity index (χ0v) is 18.4. The molecule has 2 N–H and O–H groups in total. The summed E-state index contributed by atoms with van der Waals surface area (Å²) in [4.78, 5) is 29.5. The molecule has 4 rings (SSSR count). The number of aryl methyl sites for hydroxylation is 1. The van der Waals surface area contributed by atoms with E-state index in [1.54, 1.807) is 12.1 Å². The molecule has 0 aliphatic carbocycles. The van der Waals surface area contributed by atoms with Crippen molar-refractivity contribution in [2.75, 3.05) is 18.5 Å². The summed E-state index contributed by atoms with van der Waals surface area (Å²) in [7, 11) is 0. The summed E-state index contributed by atoms with van der Waals surface area (Å²) in [5.74, 6) is 1.45. The largest absolute Gasteiger partial charge is 0.494 e. The van der Waals surface area contributed by atoms with Crippen LogP contribution >= 0.6 is 0 Å². The van der Waals surface area contributed by atoms with Gasteiger partial charge in [-0.2, -0.15) is 0 Å². The van der Waals surface area contributed by atoms with Crippen molar-refractivity contribution in [3.05, 3.63) is 78.5 Å². The van der Waals surface area contributed by atoms with Crippen LogP contribution in [0.4, 0.5) is 5.69 Å². The van der Waals surface area contributed by atoms with Crippen LogP contribution in [0.25, 0.3) is 11.0 Å². The molecule has 170 valence electrons. The van der Waals surface area contributed by atoms with E-state index < -0.39 is 0 Å². The topological polar surface area (TPSA) is 98.4 Å². The van der Waals surface area contributed by atoms with Gasteiger partial charge < -0.3 is 24.4 Å². The molecule has 0 unspecified atom stereocenters. The van der Waals surface area contributed by atoms with Gasteiger partial charge in [-0.05, 0) is 61.9 Å². The lowest BCUT2D eigenvalue weighted by Crippen LogP contribution is -2.25. The number of imidazole rings is 1. The second kappa shape index (κ2) is 10.5. The number of hydrogen-bond acceptors (Lipinski definition) is 5. The molecule has 0 radical (unpaired) electrons. The van der Waals surface area contributed by atoms with E-state index in [0.717, 1.165) is 22.6 Å². The first kappa shape index (κ1) is 22.1. The van der Waals surface area contributed by atoms with Crippen molar-refractivity contribution in [3.63, 3.8) is 0 Å². The molecular weight excluding hydrogens is 420 g/mol. The Labute approximate surface area is 191 Å². The highest BCUT2D eigenvalue weighted by Gasteiger charge is 2.14. The number of hydrogen-bond donors (Lipinski definition) is 2. The highest BCUT2D eigenvalue weighted by molar-refractivity contribution is 5.92. The molecule has 2 aromatic heterocycles. The Balaban J connectivity index is 1.40. The van der Waals surface area contributed by atoms with E-state index in [2.05, 4.69) is 10.6 Å². The summed E-state index contributed by atoms with van der Waals surface area (Å²) in [6.45, 7) is 3.13. The Hall–Kier alpha value is -4.07. The van der Waals surface area contributed by atoms with E-state index in [1.807, 2.05) is 60.0 Å². The number of anilines is 1.